The molecule has 10 atom stereocenters. The van der Waals surface area contributed by atoms with E-state index in [2.05, 4.69) is 134 Å². The van der Waals surface area contributed by atoms with Gasteiger partial charge in [0, 0.05) is 24.7 Å². The minimum absolute atomic E-state index is 0.0734. The van der Waals surface area contributed by atoms with E-state index in [0.717, 1.165) is 48.6 Å². The highest BCUT2D eigenvalue weighted by Crippen LogP contribution is 2.49. The van der Waals surface area contributed by atoms with E-state index in [1.54, 1.807) is 0 Å². The standard InChI is InChI=1S/C18H26N2O2P4.C14H18P4/c1-19-7-9-21-17-11(19)3-5-13(25-23)15(17)16-14(26-24)6-4-12-18(16)22-10-8-20(12)2;1-9-5-3-7-11(17-15)13(9)14-10(2)6-4-8-12(14)18-16/h3-6,11,17,25-26H,7-10,23-24H2,1-2H3;3-8,17-18H,15-16H2,1-2H3/t11?,17-;/m0./s1. The monoisotopic (exact) mass is 736 g/mol. The molecule has 1 fully saturated rings. The Balaban J connectivity index is 0.000000187. The lowest BCUT2D eigenvalue weighted by Crippen LogP contribution is -2.50. The molecule has 0 bridgehead atoms. The third-order valence-corrected chi connectivity index (χ3v) is 15.2. The van der Waals surface area contributed by atoms with Crippen LogP contribution in [0.2, 0.25) is 0 Å². The van der Waals surface area contributed by atoms with Crippen molar-refractivity contribution >= 4 is 96.0 Å². The highest BCUT2D eigenvalue weighted by Gasteiger charge is 2.38. The van der Waals surface area contributed by atoms with Crippen LogP contribution in [0.3, 0.4) is 0 Å². The van der Waals surface area contributed by atoms with E-state index in [1.807, 2.05) is 0 Å². The zero-order valence-corrected chi connectivity index (χ0v) is 34.4. The number of aryl methyl sites for hydroxylation is 2. The number of likely N-dealkylation sites (N-methyl/N-ethyl adjacent to an activating group) is 2. The number of anilines is 1. The highest BCUT2D eigenvalue weighted by molar-refractivity contribution is 8.07. The zero-order chi connectivity index (χ0) is 31.4. The van der Waals surface area contributed by atoms with Crippen LogP contribution in [0, 0.1) is 13.8 Å². The summed E-state index contributed by atoms with van der Waals surface area (Å²) >= 11 is 0. The molecular weight excluding hydrogens is 692 g/mol. The normalized spacial score (nSPS) is 20.7. The third-order valence-electron chi connectivity index (χ3n) is 8.50. The lowest BCUT2D eigenvalue weighted by molar-refractivity contribution is -0.0153. The summed E-state index contributed by atoms with van der Waals surface area (Å²) in [5, 5.41) is 5.59. The third kappa shape index (κ3) is 7.39. The van der Waals surface area contributed by atoms with Crippen molar-refractivity contribution in [3.05, 3.63) is 82.7 Å². The van der Waals surface area contributed by atoms with Crippen molar-refractivity contribution in [2.75, 3.05) is 45.3 Å². The second-order valence-corrected chi connectivity index (χ2v) is 17.9. The van der Waals surface area contributed by atoms with Gasteiger partial charge in [-0.05, 0) is 70.4 Å². The van der Waals surface area contributed by atoms with Gasteiger partial charge in [-0.15, -0.1) is 35.7 Å². The van der Waals surface area contributed by atoms with E-state index in [4.69, 9.17) is 9.47 Å². The molecule has 234 valence electrons. The van der Waals surface area contributed by atoms with Gasteiger partial charge >= 0.3 is 0 Å². The van der Waals surface area contributed by atoms with Crippen molar-refractivity contribution in [1.29, 1.82) is 0 Å². The first kappa shape index (κ1) is 35.4. The zero-order valence-electron chi connectivity index (χ0n) is 25.8. The Morgan fingerprint density at radius 3 is 1.93 bits per heavy atom. The molecule has 2 aliphatic heterocycles. The maximum atomic E-state index is 6.34. The quantitative estimate of drug-likeness (QED) is 0.250. The Hall–Kier alpha value is 0.1000. The molecule has 9 unspecified atom stereocenters. The average molecular weight is 737 g/mol. The molecule has 6 rings (SSSR count). The average Bonchev–Trinajstić information content (AvgIpc) is 3.04. The molecule has 0 aromatic heterocycles. The Morgan fingerprint density at radius 1 is 0.727 bits per heavy atom. The maximum Gasteiger partial charge on any atom is 0.150 e. The Bertz CT molecular complexity index is 1510. The summed E-state index contributed by atoms with van der Waals surface area (Å²) in [4.78, 5) is 4.70. The molecular formula is C32H44N2O2P8. The van der Waals surface area contributed by atoms with Crippen molar-refractivity contribution in [3.63, 3.8) is 0 Å². The lowest BCUT2D eigenvalue weighted by atomic mass is 9.88. The molecule has 0 amide bonds. The van der Waals surface area contributed by atoms with Crippen LogP contribution in [-0.2, 0) is 4.74 Å². The first-order valence-electron chi connectivity index (χ1n) is 14.7. The summed E-state index contributed by atoms with van der Waals surface area (Å²) in [6, 6.07) is 18.0. The molecule has 0 radical (unpaired) electrons. The number of hydrogen-bond donors (Lipinski definition) is 0. The minimum atomic E-state index is 0.0734. The first-order valence-corrected chi connectivity index (χ1v) is 25.9. The summed E-state index contributed by atoms with van der Waals surface area (Å²) in [5.74, 6) is 1.04. The molecule has 44 heavy (non-hydrogen) atoms. The predicted molar refractivity (Wildman–Crippen MR) is 220 cm³/mol. The summed E-state index contributed by atoms with van der Waals surface area (Å²) in [5.41, 5.74) is 9.41. The van der Waals surface area contributed by atoms with Crippen molar-refractivity contribution in [3.8, 4) is 16.9 Å². The van der Waals surface area contributed by atoms with E-state index in [0.29, 0.717) is 22.6 Å². The van der Waals surface area contributed by atoms with Crippen LogP contribution >= 0.6 is 68.8 Å². The van der Waals surface area contributed by atoms with Crippen molar-refractivity contribution in [1.82, 2.24) is 4.90 Å². The number of fused-ring (bicyclic) bond motifs is 2. The number of nitrogens with zero attached hydrogens (tertiary/aromatic N) is 2. The molecule has 0 spiro atoms. The van der Waals surface area contributed by atoms with E-state index < -0.39 is 0 Å². The summed E-state index contributed by atoms with van der Waals surface area (Å²) < 4.78 is 12.6. The Morgan fingerprint density at radius 2 is 1.34 bits per heavy atom. The van der Waals surface area contributed by atoms with E-state index in [-0.39, 0.29) is 6.10 Å². The Kier molecular flexibility index (Phi) is 13.3. The van der Waals surface area contributed by atoms with E-state index >= 15 is 0 Å². The van der Waals surface area contributed by atoms with E-state index in [1.165, 1.54) is 60.3 Å². The largest absolute Gasteiger partial charge is 0.489 e. The highest BCUT2D eigenvalue weighted by atomic mass is 32.0. The van der Waals surface area contributed by atoms with Crippen molar-refractivity contribution in [2.45, 2.75) is 26.0 Å². The SMILES string of the molecule is CN1CCOc2c1ccc(PP)c2C1=C(PP)C=CC2[C@@H]1OCCN2C.Cc1cccc(PP)c1-c1c(C)cccc1PP. The van der Waals surface area contributed by atoms with Crippen LogP contribution < -0.4 is 25.6 Å². The Labute approximate surface area is 280 Å². The molecule has 1 aliphatic carbocycles. The molecule has 4 nitrogen and oxygen atoms in total. The number of hydrogen-bond acceptors (Lipinski definition) is 4. The lowest BCUT2D eigenvalue weighted by Gasteiger charge is -2.42. The molecule has 3 aromatic rings. The fourth-order valence-corrected chi connectivity index (χ4v) is 11.6. The number of morpholine rings is 1. The van der Waals surface area contributed by atoms with Gasteiger partial charge in [-0.2, -0.15) is 0 Å². The van der Waals surface area contributed by atoms with Gasteiger partial charge < -0.3 is 14.4 Å². The van der Waals surface area contributed by atoms with Crippen molar-refractivity contribution in [2.24, 2.45) is 0 Å². The van der Waals surface area contributed by atoms with Gasteiger partial charge in [0.15, 0.2) is 5.75 Å². The smallest absolute Gasteiger partial charge is 0.150 e. The van der Waals surface area contributed by atoms with Crippen LogP contribution in [0.5, 0.6) is 5.75 Å². The predicted octanol–water partition coefficient (Wildman–Crippen LogP) is 7.22. The van der Waals surface area contributed by atoms with Gasteiger partial charge in [0.1, 0.15) is 12.7 Å². The fraction of sp³-hybridized carbons (Fsp3) is 0.312. The van der Waals surface area contributed by atoms with Gasteiger partial charge in [0.25, 0.3) is 0 Å². The molecule has 0 N–H and O–H groups in total. The van der Waals surface area contributed by atoms with Crippen LogP contribution in [0.1, 0.15) is 16.7 Å². The maximum absolute atomic E-state index is 6.34. The van der Waals surface area contributed by atoms with E-state index in [9.17, 15) is 0 Å². The number of allylic oxidation sites excluding steroid dienone is 2. The van der Waals surface area contributed by atoms with Gasteiger partial charge in [-0.1, -0.05) is 87.7 Å². The second-order valence-electron chi connectivity index (χ2n) is 11.1. The summed E-state index contributed by atoms with van der Waals surface area (Å²) in [6.45, 7) is 7.84. The number of rotatable bonds is 6. The van der Waals surface area contributed by atoms with Gasteiger partial charge in [-0.25, -0.2) is 0 Å². The molecule has 0 saturated carbocycles. The minimum Gasteiger partial charge on any atom is -0.489 e. The molecule has 3 aromatic carbocycles. The summed E-state index contributed by atoms with van der Waals surface area (Å²) in [7, 11) is 18.7. The summed E-state index contributed by atoms with van der Waals surface area (Å²) in [6.07, 6.45) is 4.68. The van der Waals surface area contributed by atoms with Gasteiger partial charge in [0.05, 0.1) is 24.9 Å². The van der Waals surface area contributed by atoms with Crippen LogP contribution in [0.4, 0.5) is 5.69 Å². The number of ether oxygens (including phenoxy) is 2. The van der Waals surface area contributed by atoms with Gasteiger partial charge in [0.2, 0.25) is 0 Å². The molecule has 12 heteroatoms. The molecule has 2 heterocycles. The number of benzene rings is 3. The first-order chi connectivity index (χ1) is 21.3. The molecule has 3 aliphatic rings. The van der Waals surface area contributed by atoms with Crippen LogP contribution in [0.15, 0.2) is 66.0 Å². The van der Waals surface area contributed by atoms with Crippen LogP contribution in [0.25, 0.3) is 16.7 Å². The van der Waals surface area contributed by atoms with Crippen LogP contribution in [-0.4, -0.2) is 57.4 Å². The second kappa shape index (κ2) is 16.5. The van der Waals surface area contributed by atoms with Crippen molar-refractivity contribution < 1.29 is 9.47 Å². The van der Waals surface area contributed by atoms with Gasteiger partial charge in [-0.3, -0.25) is 4.90 Å². The molecule has 1 saturated heterocycles. The topological polar surface area (TPSA) is 24.9 Å². The fourth-order valence-electron chi connectivity index (χ4n) is 6.20.